The normalized spacial score (nSPS) is 8.29. The van der Waals surface area contributed by atoms with Crippen molar-refractivity contribution in [3.8, 4) is 0 Å². The van der Waals surface area contributed by atoms with Gasteiger partial charge >= 0.3 is 88.7 Å². The van der Waals surface area contributed by atoms with E-state index in [0.29, 0.717) is 0 Å². The van der Waals surface area contributed by atoms with Crippen LogP contribution >= 0.6 is 0 Å². The van der Waals surface area contributed by atoms with Gasteiger partial charge in [0, 0.05) is 0 Å². The molecule has 0 heterocycles. The molecule has 0 aromatic carbocycles. The van der Waals surface area contributed by atoms with E-state index >= 15 is 0 Å². The molecular weight excluding hydrogens is 161 g/mol. The van der Waals surface area contributed by atoms with Crippen molar-refractivity contribution in [2.45, 2.75) is 0 Å². The van der Waals surface area contributed by atoms with E-state index < -0.39 is 13.6 Å². The molecule has 4 nitrogen and oxygen atoms in total. The molecule has 0 radical (unpaired) electrons. The van der Waals surface area contributed by atoms with Gasteiger partial charge in [-0.25, -0.2) is 0 Å². The SMILES string of the molecule is [Na+].[Na+].[O]=[51Cr](=[O])([O-])[O-]. The number of hydrogen-bond acceptors (Lipinski definition) is 4. The Balaban J connectivity index is -0.0000000800. The topological polar surface area (TPSA) is 80.3 Å². The van der Waals surface area contributed by atoms with Gasteiger partial charge in [0.15, 0.2) is 0 Å². The molecule has 0 bridgehead atoms. The summed E-state index contributed by atoms with van der Waals surface area (Å²) < 4.78 is 34.4. The van der Waals surface area contributed by atoms with Gasteiger partial charge < -0.3 is 0 Å². The first-order chi connectivity index (χ1) is 2.00. The fourth-order valence-electron chi connectivity index (χ4n) is 0. The van der Waals surface area contributed by atoms with Crippen molar-refractivity contribution in [2.24, 2.45) is 0 Å². The molecule has 0 aliphatic carbocycles. The van der Waals surface area contributed by atoms with Crippen molar-refractivity contribution >= 4 is 0 Å². The van der Waals surface area contributed by atoms with Crippen LogP contribution in [0.3, 0.4) is 0 Å². The molecule has 0 unspecified atom stereocenters. The van der Waals surface area contributed by atoms with Gasteiger partial charge in [-0.05, 0) is 0 Å². The van der Waals surface area contributed by atoms with Gasteiger partial charge in [0.05, 0.1) is 0 Å². The van der Waals surface area contributed by atoms with Gasteiger partial charge in [-0.1, -0.05) is 0 Å². The molecule has 0 aliphatic heterocycles. The van der Waals surface area contributed by atoms with E-state index in [9.17, 15) is 0 Å². The summed E-state index contributed by atoms with van der Waals surface area (Å²) in [4.78, 5) is 0. The third-order valence-electron chi connectivity index (χ3n) is 0. The van der Waals surface area contributed by atoms with Gasteiger partial charge in [-0.3, -0.25) is 0 Å². The quantitative estimate of drug-likeness (QED) is 0.330. The zero-order chi connectivity index (χ0) is 4.50. The zero-order valence-electron chi connectivity index (χ0n) is 4.04. The molecule has 0 N–H and O–H groups in total. The van der Waals surface area contributed by atoms with Gasteiger partial charge in [0.1, 0.15) is 0 Å². The van der Waals surface area contributed by atoms with Crippen LogP contribution in [0, 0.1) is 0 Å². The van der Waals surface area contributed by atoms with E-state index in [1.807, 2.05) is 0 Å². The van der Waals surface area contributed by atoms with E-state index in [1.165, 1.54) is 0 Å². The van der Waals surface area contributed by atoms with Crippen LogP contribution in [0.5, 0.6) is 0 Å². The molecule has 0 aliphatic rings. The molecule has 7 heavy (non-hydrogen) atoms. The monoisotopic (exact) mass is 161 g/mol. The second-order valence-corrected chi connectivity index (χ2v) is 1.68. The molecule has 32 valence electrons. The second kappa shape index (κ2) is 6.18. The van der Waals surface area contributed by atoms with Crippen molar-refractivity contribution in [1.29, 1.82) is 0 Å². The molecule has 0 fully saturated rings. The molecule has 0 atom stereocenters. The van der Waals surface area contributed by atoms with Crippen LogP contribution in [0.1, 0.15) is 0 Å². The summed E-state index contributed by atoms with van der Waals surface area (Å²) >= 11 is -5.75. The average Bonchev–Trinajstić information content (AvgIpc) is 0.722. The summed E-state index contributed by atoms with van der Waals surface area (Å²) in [6.45, 7) is 0. The Morgan fingerprint density at radius 2 is 1.00 bits per heavy atom. The first-order valence-electron chi connectivity index (χ1n) is 0.667. The minimum absolute atomic E-state index is 0. The van der Waals surface area contributed by atoms with E-state index in [1.54, 1.807) is 0 Å². The van der Waals surface area contributed by atoms with Crippen molar-refractivity contribution in [2.75, 3.05) is 0 Å². The summed E-state index contributed by atoms with van der Waals surface area (Å²) in [5, 5.41) is 0. The van der Waals surface area contributed by atoms with Crippen LogP contribution in [-0.2, 0) is 21.2 Å². The maximum atomic E-state index is 8.59. The third-order valence-corrected chi connectivity index (χ3v) is 0. The van der Waals surface area contributed by atoms with E-state index in [-0.39, 0.29) is 59.1 Å². The van der Waals surface area contributed by atoms with Gasteiger partial charge in [0.25, 0.3) is 0 Å². The average molecular weight is 161 g/mol. The molecule has 0 rings (SSSR count). The fourth-order valence-corrected chi connectivity index (χ4v) is 0. The van der Waals surface area contributed by atoms with E-state index in [2.05, 4.69) is 0 Å². The fraction of sp³-hybridized carbons (Fsp3) is 0. The Kier molecular flexibility index (Phi) is 14.1. The molecule has 0 saturated heterocycles. The van der Waals surface area contributed by atoms with Crippen LogP contribution in [-0.4, -0.2) is 0 Å². The summed E-state index contributed by atoms with van der Waals surface area (Å²) in [5.74, 6) is 0. The van der Waals surface area contributed by atoms with Crippen LogP contribution < -0.4 is 67.4 Å². The van der Waals surface area contributed by atoms with Gasteiger partial charge in [0.2, 0.25) is 0 Å². The summed E-state index contributed by atoms with van der Waals surface area (Å²) in [5.41, 5.74) is 0. The Morgan fingerprint density at radius 3 is 1.00 bits per heavy atom. The Hall–Kier alpha value is 2.05. The van der Waals surface area contributed by atoms with Gasteiger partial charge in [-0.15, -0.1) is 0 Å². The molecule has 0 aromatic heterocycles. The Morgan fingerprint density at radius 1 is 1.00 bits per heavy atom. The molecule has 7 heteroatoms. The third kappa shape index (κ3) is 70.0. The summed E-state index contributed by atoms with van der Waals surface area (Å²) in [7, 11) is 0. The Bertz CT molecular complexity index is 92.9. The van der Waals surface area contributed by atoms with Crippen LogP contribution in [0.2, 0.25) is 0 Å². The van der Waals surface area contributed by atoms with Crippen molar-refractivity contribution < 1.29 is 88.7 Å². The second-order valence-electron chi connectivity index (χ2n) is 0.408. The van der Waals surface area contributed by atoms with Crippen molar-refractivity contribution in [3.63, 3.8) is 0 Å². The zero-order valence-corrected chi connectivity index (χ0v) is 9.32. The molecule has 0 amide bonds. The summed E-state index contributed by atoms with van der Waals surface area (Å²) in [6.07, 6.45) is 0. The number of hydrogen-bond donors (Lipinski definition) is 0. The van der Waals surface area contributed by atoms with Gasteiger partial charge in [-0.2, -0.15) is 0 Å². The number of rotatable bonds is 0. The van der Waals surface area contributed by atoms with Crippen LogP contribution in [0.15, 0.2) is 0 Å². The first kappa shape index (κ1) is 16.0. The van der Waals surface area contributed by atoms with Crippen LogP contribution in [0.4, 0.5) is 0 Å². The van der Waals surface area contributed by atoms with Crippen molar-refractivity contribution in [3.05, 3.63) is 0 Å². The van der Waals surface area contributed by atoms with E-state index in [0.717, 1.165) is 0 Å². The molecule has 0 spiro atoms. The summed E-state index contributed by atoms with van der Waals surface area (Å²) in [6, 6.07) is 0. The standard InChI is InChI=1S/Cr.2Na.4O/q;2*+1;;;2*-1/i1-1;;;;;;. The maximum absolute atomic E-state index is 8.59. The predicted octanol–water partition coefficient (Wildman–Crippen LogP) is -8.61. The minimum atomic E-state index is -5.75. The van der Waals surface area contributed by atoms with E-state index in [4.69, 9.17) is 15.9 Å². The Labute approximate surface area is 87.3 Å². The first-order valence-corrected chi connectivity index (χ1v) is 2.75. The van der Waals surface area contributed by atoms with Crippen molar-refractivity contribution in [1.82, 2.24) is 0 Å². The molecule has 0 aromatic rings. The molecular formula is CrNa2O4. The predicted molar refractivity (Wildman–Crippen MR) is 1.37 cm³/mol. The van der Waals surface area contributed by atoms with Crippen LogP contribution in [0.25, 0.3) is 0 Å². The molecule has 0 saturated carbocycles.